The first kappa shape index (κ1) is 15.8. The third-order valence-corrected chi connectivity index (χ3v) is 3.93. The number of nitrogens with zero attached hydrogens (tertiary/aromatic N) is 1. The molecule has 1 aliphatic heterocycles. The minimum atomic E-state index is -0.340. The van der Waals surface area contributed by atoms with Crippen LogP contribution in [-0.2, 0) is 0 Å². The van der Waals surface area contributed by atoms with Gasteiger partial charge in [0.2, 0.25) is 5.88 Å². The molecule has 0 saturated carbocycles. The lowest BCUT2D eigenvalue weighted by Crippen LogP contribution is -2.21. The molecule has 0 radical (unpaired) electrons. The van der Waals surface area contributed by atoms with Gasteiger partial charge in [-0.25, -0.2) is 0 Å². The number of rotatable bonds is 4. The zero-order chi connectivity index (χ0) is 17.1. The highest BCUT2D eigenvalue weighted by Crippen LogP contribution is 2.45. The standard InChI is InChI=1S/C19H19N3O2/c1-2-9-23-16-6-4-3-5-13(16)18-14-8-7-12(21)10-17(14)24-19(22)15(18)11-20/h3-8,10,18H,2,9,21-22H2,1H3/t18-/m1/s1. The van der Waals surface area contributed by atoms with Crippen LogP contribution >= 0.6 is 0 Å². The Hall–Kier alpha value is -3.13. The van der Waals surface area contributed by atoms with Gasteiger partial charge in [0, 0.05) is 22.9 Å². The van der Waals surface area contributed by atoms with Crippen LogP contribution in [0.2, 0.25) is 0 Å². The number of nitrogen functional groups attached to an aromatic ring is 1. The summed E-state index contributed by atoms with van der Waals surface area (Å²) < 4.78 is 11.5. The van der Waals surface area contributed by atoms with Crippen LogP contribution in [0, 0.1) is 11.3 Å². The molecular weight excluding hydrogens is 302 g/mol. The van der Waals surface area contributed by atoms with E-state index in [9.17, 15) is 5.26 Å². The van der Waals surface area contributed by atoms with E-state index in [-0.39, 0.29) is 11.8 Å². The van der Waals surface area contributed by atoms with Crippen LogP contribution < -0.4 is 20.9 Å². The van der Waals surface area contributed by atoms with Crippen LogP contribution in [0.3, 0.4) is 0 Å². The molecule has 0 saturated heterocycles. The first-order valence-electron chi connectivity index (χ1n) is 7.84. The fraction of sp³-hybridized carbons (Fsp3) is 0.211. The zero-order valence-electron chi connectivity index (χ0n) is 13.5. The molecule has 5 heteroatoms. The van der Waals surface area contributed by atoms with Crippen molar-refractivity contribution in [3.05, 3.63) is 65.0 Å². The molecule has 4 N–H and O–H groups in total. The predicted octanol–water partition coefficient (Wildman–Crippen LogP) is 3.28. The normalized spacial score (nSPS) is 16.1. The Morgan fingerprint density at radius 2 is 1.96 bits per heavy atom. The van der Waals surface area contributed by atoms with E-state index in [4.69, 9.17) is 20.9 Å². The second kappa shape index (κ2) is 6.55. The Labute approximate surface area is 141 Å². The lowest BCUT2D eigenvalue weighted by Gasteiger charge is -2.27. The summed E-state index contributed by atoms with van der Waals surface area (Å²) in [5.74, 6) is 1.08. The molecule has 1 heterocycles. The van der Waals surface area contributed by atoms with E-state index in [1.54, 1.807) is 12.1 Å². The molecular formula is C19H19N3O2. The summed E-state index contributed by atoms with van der Waals surface area (Å²) in [4.78, 5) is 0. The molecule has 3 rings (SSSR count). The molecule has 0 fully saturated rings. The van der Waals surface area contributed by atoms with E-state index >= 15 is 0 Å². The molecule has 24 heavy (non-hydrogen) atoms. The van der Waals surface area contributed by atoms with Gasteiger partial charge in [-0.3, -0.25) is 0 Å². The van der Waals surface area contributed by atoms with Gasteiger partial charge in [-0.1, -0.05) is 31.2 Å². The SMILES string of the molecule is CCCOc1ccccc1[C@H]1C(C#N)=C(N)Oc2cc(N)ccc21. The molecule has 0 aromatic heterocycles. The Kier molecular flexibility index (Phi) is 4.30. The van der Waals surface area contributed by atoms with E-state index in [1.807, 2.05) is 37.3 Å². The summed E-state index contributed by atoms with van der Waals surface area (Å²) >= 11 is 0. The first-order chi connectivity index (χ1) is 11.7. The number of fused-ring (bicyclic) bond motifs is 1. The van der Waals surface area contributed by atoms with E-state index in [2.05, 4.69) is 6.07 Å². The average Bonchev–Trinajstić information content (AvgIpc) is 2.59. The van der Waals surface area contributed by atoms with Gasteiger partial charge in [0.1, 0.15) is 23.1 Å². The van der Waals surface area contributed by atoms with Crippen LogP contribution in [0.4, 0.5) is 5.69 Å². The van der Waals surface area contributed by atoms with Crippen LogP contribution in [0.1, 0.15) is 30.4 Å². The molecule has 1 aliphatic rings. The van der Waals surface area contributed by atoms with Crippen LogP contribution in [0.15, 0.2) is 53.9 Å². The molecule has 0 bridgehead atoms. The lowest BCUT2D eigenvalue weighted by molar-refractivity contribution is 0.313. The number of anilines is 1. The van der Waals surface area contributed by atoms with Gasteiger partial charge in [0.15, 0.2) is 0 Å². The fourth-order valence-electron chi connectivity index (χ4n) is 2.85. The van der Waals surface area contributed by atoms with Crippen molar-refractivity contribution in [2.45, 2.75) is 19.3 Å². The van der Waals surface area contributed by atoms with Crippen LogP contribution in [0.25, 0.3) is 0 Å². The Morgan fingerprint density at radius 1 is 1.17 bits per heavy atom. The third kappa shape index (κ3) is 2.74. The van der Waals surface area contributed by atoms with Gasteiger partial charge in [-0.15, -0.1) is 0 Å². The molecule has 1 atom stereocenters. The summed E-state index contributed by atoms with van der Waals surface area (Å²) in [6, 6.07) is 15.3. The van der Waals surface area contributed by atoms with Crippen LogP contribution in [0.5, 0.6) is 11.5 Å². The van der Waals surface area contributed by atoms with Gasteiger partial charge in [-0.05, 0) is 18.6 Å². The third-order valence-electron chi connectivity index (χ3n) is 3.93. The number of benzene rings is 2. The topological polar surface area (TPSA) is 94.3 Å². The van der Waals surface area contributed by atoms with Gasteiger partial charge >= 0.3 is 0 Å². The average molecular weight is 321 g/mol. The molecule has 2 aromatic rings. The van der Waals surface area contributed by atoms with Gasteiger partial charge in [-0.2, -0.15) is 5.26 Å². The quantitative estimate of drug-likeness (QED) is 0.843. The number of hydrogen-bond donors (Lipinski definition) is 2. The number of nitriles is 1. The maximum absolute atomic E-state index is 9.61. The summed E-state index contributed by atoms with van der Waals surface area (Å²) in [6.45, 7) is 2.66. The van der Waals surface area contributed by atoms with Gasteiger partial charge < -0.3 is 20.9 Å². The smallest absolute Gasteiger partial charge is 0.205 e. The second-order valence-electron chi connectivity index (χ2n) is 5.61. The highest BCUT2D eigenvalue weighted by atomic mass is 16.5. The van der Waals surface area contributed by atoms with E-state index < -0.39 is 0 Å². The summed E-state index contributed by atoms with van der Waals surface area (Å²) in [5, 5.41) is 9.61. The van der Waals surface area contributed by atoms with Crippen molar-refractivity contribution in [2.75, 3.05) is 12.3 Å². The molecule has 2 aromatic carbocycles. The molecule has 0 amide bonds. The first-order valence-corrected chi connectivity index (χ1v) is 7.84. The Bertz CT molecular complexity index is 837. The second-order valence-corrected chi connectivity index (χ2v) is 5.61. The molecule has 0 spiro atoms. The fourth-order valence-corrected chi connectivity index (χ4v) is 2.85. The van der Waals surface area contributed by atoms with Crippen molar-refractivity contribution in [1.29, 1.82) is 5.26 Å². The van der Waals surface area contributed by atoms with Crippen molar-refractivity contribution in [2.24, 2.45) is 5.73 Å². The number of allylic oxidation sites excluding steroid dienone is 1. The van der Waals surface area contributed by atoms with E-state index in [0.29, 0.717) is 23.6 Å². The predicted molar refractivity (Wildman–Crippen MR) is 92.4 cm³/mol. The van der Waals surface area contributed by atoms with Crippen molar-refractivity contribution < 1.29 is 9.47 Å². The zero-order valence-corrected chi connectivity index (χ0v) is 13.5. The van der Waals surface area contributed by atoms with Crippen molar-refractivity contribution in [1.82, 2.24) is 0 Å². The minimum absolute atomic E-state index is 0.103. The number of nitrogens with two attached hydrogens (primary N) is 2. The van der Waals surface area contributed by atoms with E-state index in [1.165, 1.54) is 0 Å². The number of para-hydroxylation sites is 1. The summed E-state index contributed by atoms with van der Waals surface area (Å²) in [6.07, 6.45) is 0.901. The monoisotopic (exact) mass is 321 g/mol. The summed E-state index contributed by atoms with van der Waals surface area (Å²) in [7, 11) is 0. The molecule has 5 nitrogen and oxygen atoms in total. The molecule has 0 unspecified atom stereocenters. The lowest BCUT2D eigenvalue weighted by atomic mass is 9.83. The molecule has 0 aliphatic carbocycles. The Morgan fingerprint density at radius 3 is 2.71 bits per heavy atom. The van der Waals surface area contributed by atoms with Crippen molar-refractivity contribution in [3.63, 3.8) is 0 Å². The number of ether oxygens (including phenoxy) is 2. The largest absolute Gasteiger partial charge is 0.493 e. The van der Waals surface area contributed by atoms with Crippen molar-refractivity contribution in [3.8, 4) is 17.6 Å². The van der Waals surface area contributed by atoms with Crippen molar-refractivity contribution >= 4 is 5.69 Å². The summed E-state index contributed by atoms with van der Waals surface area (Å²) in [5.41, 5.74) is 14.5. The maximum Gasteiger partial charge on any atom is 0.205 e. The molecule has 122 valence electrons. The minimum Gasteiger partial charge on any atom is -0.493 e. The van der Waals surface area contributed by atoms with Crippen LogP contribution in [-0.4, -0.2) is 6.61 Å². The number of hydrogen-bond acceptors (Lipinski definition) is 5. The maximum atomic E-state index is 9.61. The van der Waals surface area contributed by atoms with E-state index in [0.717, 1.165) is 23.3 Å². The highest BCUT2D eigenvalue weighted by molar-refractivity contribution is 5.61. The van der Waals surface area contributed by atoms with Gasteiger partial charge in [0.25, 0.3) is 0 Å². The highest BCUT2D eigenvalue weighted by Gasteiger charge is 2.32. The Balaban J connectivity index is 2.17. The van der Waals surface area contributed by atoms with Gasteiger partial charge in [0.05, 0.1) is 12.5 Å².